The first-order chi connectivity index (χ1) is 11.8. The van der Waals surface area contributed by atoms with Gasteiger partial charge in [0.2, 0.25) is 0 Å². The number of likely N-dealkylation sites (N-methyl/N-ethyl adjacent to an activating group) is 1. The summed E-state index contributed by atoms with van der Waals surface area (Å²) in [4.78, 5) is 15.2. The Hall–Kier alpha value is -1.04. The van der Waals surface area contributed by atoms with Crippen molar-refractivity contribution < 1.29 is 17.9 Å². The van der Waals surface area contributed by atoms with E-state index >= 15 is 0 Å². The summed E-state index contributed by atoms with van der Waals surface area (Å²) < 4.78 is 30.3. The molecular weight excluding hydrogens is 403 g/mol. The van der Waals surface area contributed by atoms with Crippen LogP contribution in [0, 0.1) is 0 Å². The average molecular weight is 428 g/mol. The van der Waals surface area contributed by atoms with Gasteiger partial charge in [-0.2, -0.15) is 0 Å². The number of hydrogen-bond donors (Lipinski definition) is 1. The molecule has 0 spiro atoms. The second-order valence-corrected chi connectivity index (χ2v) is 9.32. The third kappa shape index (κ3) is 4.57. The van der Waals surface area contributed by atoms with Gasteiger partial charge in [-0.25, -0.2) is 0 Å². The average Bonchev–Trinajstić information content (AvgIpc) is 3.06. The quantitative estimate of drug-likeness (QED) is 0.641. The third-order valence-electron chi connectivity index (χ3n) is 4.64. The molecule has 1 aliphatic rings. The Morgan fingerprint density at radius 2 is 2.12 bits per heavy atom. The molecule has 1 aliphatic heterocycles. The van der Waals surface area contributed by atoms with Gasteiger partial charge in [-0.1, -0.05) is 0 Å². The molecule has 0 aromatic heterocycles. The summed E-state index contributed by atoms with van der Waals surface area (Å²) >= 11 is 2.23. The molecule has 25 heavy (non-hydrogen) atoms. The van der Waals surface area contributed by atoms with Crippen LogP contribution in [0.5, 0.6) is 5.75 Å². The third-order valence-corrected chi connectivity index (χ3v) is 7.52. The molecule has 1 heterocycles. The van der Waals surface area contributed by atoms with Crippen LogP contribution < -0.4 is 14.4 Å². The number of carbonyl (C=O) groups excluding carboxylic acids is 1. The van der Waals surface area contributed by atoms with Crippen LogP contribution in [0.1, 0.15) is 37.0 Å². The Morgan fingerprint density at radius 3 is 2.72 bits per heavy atom. The topological polar surface area (TPSA) is 75.7 Å². The van der Waals surface area contributed by atoms with E-state index in [9.17, 15) is 13.2 Å². The molecule has 8 heteroatoms. The zero-order chi connectivity index (χ0) is 18.6. The maximum absolute atomic E-state index is 12.6. The Kier molecular flexibility index (Phi) is 6.94. The fraction of sp³-hybridized carbons (Fsp3) is 0.588. The van der Waals surface area contributed by atoms with Crippen LogP contribution in [-0.2, 0) is 9.84 Å². The number of methoxy groups -OCH3 is 1. The van der Waals surface area contributed by atoms with E-state index < -0.39 is 9.84 Å². The van der Waals surface area contributed by atoms with E-state index in [1.807, 2.05) is 0 Å². The number of nitrogens with zero attached hydrogens (tertiary/aromatic N) is 1. The molecule has 1 aromatic carbocycles. The first-order valence-electron chi connectivity index (χ1n) is 8.50. The molecule has 1 aromatic rings. The summed E-state index contributed by atoms with van der Waals surface area (Å²) in [6.07, 6.45) is 2.20. The van der Waals surface area contributed by atoms with Crippen molar-refractivity contribution in [1.29, 1.82) is 0 Å². The number of sulfone groups is 1. The molecule has 0 aliphatic carbocycles. The van der Waals surface area contributed by atoms with Gasteiger partial charge < -0.3 is 0 Å². The van der Waals surface area contributed by atoms with Gasteiger partial charge in [-0.05, 0) is 0 Å². The fourth-order valence-corrected chi connectivity index (χ4v) is 5.39. The second-order valence-electron chi connectivity index (χ2n) is 6.06. The van der Waals surface area contributed by atoms with Crippen LogP contribution in [0.4, 0.5) is 0 Å². The number of carbonyl (C=O) groups is 1. The molecule has 0 bridgehead atoms. The van der Waals surface area contributed by atoms with Crippen molar-refractivity contribution >= 4 is 36.9 Å². The van der Waals surface area contributed by atoms with Gasteiger partial charge in [0.25, 0.3) is 0 Å². The summed E-state index contributed by atoms with van der Waals surface area (Å²) in [5.41, 5.74) is 0.255. The van der Waals surface area contributed by atoms with Crippen LogP contribution in [0.2, 0.25) is 0 Å². The number of amides is 1. The maximum atomic E-state index is 12.6. The van der Waals surface area contributed by atoms with Crippen LogP contribution in [0.3, 0.4) is 0 Å². The Labute approximate surface area is 158 Å². The number of likely N-dealkylation sites (tertiary alicyclic amines) is 1. The van der Waals surface area contributed by atoms with Crippen LogP contribution in [-0.4, -0.2) is 74.6 Å². The molecule has 2 rings (SSSR count). The molecule has 0 unspecified atom stereocenters. The van der Waals surface area contributed by atoms with E-state index in [1.54, 1.807) is 13.0 Å². The van der Waals surface area contributed by atoms with Crippen LogP contribution >= 0.6 is 0 Å². The molecule has 2 radical (unpaired) electrons. The van der Waals surface area contributed by atoms with E-state index in [0.717, 1.165) is 25.9 Å². The van der Waals surface area contributed by atoms with Gasteiger partial charge in [0.1, 0.15) is 0 Å². The molecule has 138 valence electrons. The number of ether oxygens (including phenoxy) is 1. The fourth-order valence-electron chi connectivity index (χ4n) is 3.15. The number of rotatable bonds is 7. The second kappa shape index (κ2) is 8.56. The number of nitrogens with one attached hydrogen (secondary N) is 1. The Morgan fingerprint density at radius 1 is 1.40 bits per heavy atom. The van der Waals surface area contributed by atoms with Crippen molar-refractivity contribution in [2.24, 2.45) is 0 Å². The standard InChI is InChI=1S/C17H25AsN2O4S/c1-4-20-8-6-7-12(20)11-19-17(21)13-9-16(25(22,23)5-2)14(18)10-15(13)24-3/h9-10,12H,4-8,11H2,1-3H3,(H,19,21)/t12-/m1/s1. The van der Waals surface area contributed by atoms with Crippen molar-refractivity contribution in [2.75, 3.05) is 32.5 Å². The van der Waals surface area contributed by atoms with Crippen molar-refractivity contribution in [2.45, 2.75) is 37.6 Å². The number of hydrogen-bond acceptors (Lipinski definition) is 5. The zero-order valence-electron chi connectivity index (χ0n) is 14.9. The first-order valence-corrected chi connectivity index (χ1v) is 11.1. The van der Waals surface area contributed by atoms with Crippen LogP contribution in [0.15, 0.2) is 17.0 Å². The predicted octanol–water partition coefficient (Wildman–Crippen LogP) is 0.497. The van der Waals surface area contributed by atoms with Gasteiger partial charge >= 0.3 is 159 Å². The minimum absolute atomic E-state index is 0.0152. The Bertz CT molecular complexity index is 736. The molecule has 6 nitrogen and oxygen atoms in total. The van der Waals surface area contributed by atoms with Crippen molar-refractivity contribution in [3.05, 3.63) is 17.7 Å². The molecular formula is C17H25AsN2O4S. The summed E-state index contributed by atoms with van der Waals surface area (Å²) in [5, 5.41) is 2.94. The zero-order valence-corrected chi connectivity index (χ0v) is 17.6. The molecule has 0 saturated carbocycles. The van der Waals surface area contributed by atoms with Gasteiger partial charge in [0, 0.05) is 0 Å². The summed E-state index contributed by atoms with van der Waals surface area (Å²) in [5.74, 6) is 0.0559. The van der Waals surface area contributed by atoms with Gasteiger partial charge in [0.15, 0.2) is 0 Å². The van der Waals surface area contributed by atoms with Gasteiger partial charge in [-0.3, -0.25) is 0 Å². The molecule has 1 N–H and O–H groups in total. The monoisotopic (exact) mass is 428 g/mol. The molecule has 1 fully saturated rings. The molecule has 1 atom stereocenters. The molecule has 1 saturated heterocycles. The Balaban J connectivity index is 2.24. The van der Waals surface area contributed by atoms with Crippen molar-refractivity contribution in [1.82, 2.24) is 10.2 Å². The summed E-state index contributed by atoms with van der Waals surface area (Å²) in [6.45, 7) is 6.27. The van der Waals surface area contributed by atoms with E-state index in [2.05, 4.69) is 34.0 Å². The molecule has 1 amide bonds. The van der Waals surface area contributed by atoms with Crippen molar-refractivity contribution in [3.8, 4) is 5.75 Å². The van der Waals surface area contributed by atoms with E-state index in [1.165, 1.54) is 13.2 Å². The van der Waals surface area contributed by atoms with Gasteiger partial charge in [0.05, 0.1) is 0 Å². The first kappa shape index (κ1) is 20.3. The predicted molar refractivity (Wildman–Crippen MR) is 98.7 cm³/mol. The summed E-state index contributed by atoms with van der Waals surface area (Å²) in [7, 11) is -1.94. The summed E-state index contributed by atoms with van der Waals surface area (Å²) in [6, 6.07) is 3.35. The van der Waals surface area contributed by atoms with E-state index in [-0.39, 0.29) is 22.1 Å². The van der Waals surface area contributed by atoms with E-state index in [0.29, 0.717) is 22.7 Å². The number of benzene rings is 1. The minimum atomic E-state index is -3.41. The van der Waals surface area contributed by atoms with Gasteiger partial charge in [-0.15, -0.1) is 0 Å². The van der Waals surface area contributed by atoms with Crippen molar-refractivity contribution in [3.63, 3.8) is 0 Å². The SMILES string of the molecule is CCN1CCC[C@@H]1CNC(=O)c1cc(S(=O)(=O)CC)c([As])cc1OC. The van der Waals surface area contributed by atoms with E-state index in [4.69, 9.17) is 4.74 Å². The van der Waals surface area contributed by atoms with Crippen LogP contribution in [0.25, 0.3) is 0 Å². The normalized spacial score (nSPS) is 18.3.